The van der Waals surface area contributed by atoms with Crippen LogP contribution in [0.1, 0.15) is 23.7 Å². The lowest BCUT2D eigenvalue weighted by molar-refractivity contribution is 0.0950. The molecule has 0 heterocycles. The average Bonchev–Trinajstić information content (AvgIpc) is 2.23. The number of rotatable bonds is 4. The minimum atomic E-state index is -0.445. The van der Waals surface area contributed by atoms with Gasteiger partial charge >= 0.3 is 0 Å². The Kier molecular flexibility index (Phi) is 4.89. The fraction of sp³-hybridized carbons (Fsp3) is 0.364. The van der Waals surface area contributed by atoms with Crippen molar-refractivity contribution in [1.82, 2.24) is 5.32 Å². The van der Waals surface area contributed by atoms with E-state index in [-0.39, 0.29) is 17.5 Å². The lowest BCUT2D eigenvalue weighted by Crippen LogP contribution is -2.36. The van der Waals surface area contributed by atoms with Crippen molar-refractivity contribution in [2.45, 2.75) is 19.4 Å². The molecule has 88 valence electrons. The highest BCUT2D eigenvalue weighted by molar-refractivity contribution is 9.10. The molecule has 0 aliphatic heterocycles. The summed E-state index contributed by atoms with van der Waals surface area (Å²) in [6, 6.07) is 3.99. The molecule has 1 rings (SSSR count). The highest BCUT2D eigenvalue weighted by atomic mass is 79.9. The van der Waals surface area contributed by atoms with E-state index in [0.29, 0.717) is 11.0 Å². The Labute approximate surface area is 102 Å². The van der Waals surface area contributed by atoms with Crippen molar-refractivity contribution in [3.8, 4) is 0 Å². The third-order valence-corrected chi connectivity index (χ3v) is 2.63. The van der Waals surface area contributed by atoms with Crippen molar-refractivity contribution in [2.24, 2.45) is 5.73 Å². The van der Waals surface area contributed by atoms with Crippen molar-refractivity contribution in [1.29, 1.82) is 0 Å². The molecular weight excluding hydrogens is 275 g/mol. The molecule has 0 spiro atoms. The Balaban J connectivity index is 2.66. The summed E-state index contributed by atoms with van der Waals surface area (Å²) in [4.78, 5) is 11.6. The number of halogens is 2. The van der Waals surface area contributed by atoms with E-state index in [0.717, 1.165) is 6.42 Å². The van der Waals surface area contributed by atoms with Crippen LogP contribution in [0.2, 0.25) is 0 Å². The van der Waals surface area contributed by atoms with Crippen molar-refractivity contribution >= 4 is 21.8 Å². The van der Waals surface area contributed by atoms with Crippen LogP contribution < -0.4 is 11.1 Å². The van der Waals surface area contributed by atoms with Gasteiger partial charge in [-0.15, -0.1) is 0 Å². The summed E-state index contributed by atoms with van der Waals surface area (Å²) in [5.74, 6) is -0.761. The third-order valence-electron chi connectivity index (χ3n) is 2.17. The zero-order valence-electron chi connectivity index (χ0n) is 8.97. The summed E-state index contributed by atoms with van der Waals surface area (Å²) in [6.45, 7) is 2.33. The van der Waals surface area contributed by atoms with Gasteiger partial charge in [0.1, 0.15) is 5.82 Å². The summed E-state index contributed by atoms with van der Waals surface area (Å²) >= 11 is 3.13. The summed E-state index contributed by atoms with van der Waals surface area (Å²) in [6.07, 6.45) is 0.785. The molecule has 3 N–H and O–H groups in total. The number of nitrogens with one attached hydrogen (secondary N) is 1. The standard InChI is InChI=1S/C11H14BrFN2O/c1-2-10(14)6-15-11(16)7-3-8(12)5-9(13)4-7/h3-5,10H,2,6,14H2,1H3,(H,15,16). The van der Waals surface area contributed by atoms with Crippen LogP contribution in [-0.4, -0.2) is 18.5 Å². The molecule has 0 aromatic heterocycles. The van der Waals surface area contributed by atoms with Crippen LogP contribution in [-0.2, 0) is 0 Å². The molecule has 5 heteroatoms. The molecule has 1 aromatic carbocycles. The van der Waals surface area contributed by atoms with Crippen LogP contribution in [0, 0.1) is 5.82 Å². The Morgan fingerprint density at radius 2 is 2.25 bits per heavy atom. The quantitative estimate of drug-likeness (QED) is 0.891. The molecule has 1 aromatic rings. The maximum Gasteiger partial charge on any atom is 0.251 e. The monoisotopic (exact) mass is 288 g/mol. The Morgan fingerprint density at radius 3 is 2.81 bits per heavy atom. The fourth-order valence-electron chi connectivity index (χ4n) is 1.16. The van der Waals surface area contributed by atoms with E-state index in [9.17, 15) is 9.18 Å². The first-order valence-corrected chi connectivity index (χ1v) is 5.82. The predicted molar refractivity (Wildman–Crippen MR) is 64.7 cm³/mol. The van der Waals surface area contributed by atoms with Gasteiger partial charge in [0, 0.05) is 22.6 Å². The zero-order valence-corrected chi connectivity index (χ0v) is 10.6. The molecule has 3 nitrogen and oxygen atoms in total. The second-order valence-corrected chi connectivity index (χ2v) is 4.45. The SMILES string of the molecule is CCC(N)CNC(=O)c1cc(F)cc(Br)c1. The largest absolute Gasteiger partial charge is 0.350 e. The van der Waals surface area contributed by atoms with E-state index >= 15 is 0 Å². The van der Waals surface area contributed by atoms with Crippen LogP contribution in [0.3, 0.4) is 0 Å². The number of carbonyl (C=O) groups is 1. The highest BCUT2D eigenvalue weighted by Crippen LogP contribution is 2.14. The molecule has 0 fully saturated rings. The number of benzene rings is 1. The van der Waals surface area contributed by atoms with Gasteiger partial charge in [-0.2, -0.15) is 0 Å². The van der Waals surface area contributed by atoms with Gasteiger partial charge in [-0.05, 0) is 24.6 Å². The third kappa shape index (κ3) is 3.90. The van der Waals surface area contributed by atoms with Crippen LogP contribution in [0.4, 0.5) is 4.39 Å². The molecule has 0 saturated heterocycles. The van der Waals surface area contributed by atoms with Gasteiger partial charge in [0.05, 0.1) is 0 Å². The van der Waals surface area contributed by atoms with Gasteiger partial charge in [0.2, 0.25) is 0 Å². The van der Waals surface area contributed by atoms with E-state index in [4.69, 9.17) is 5.73 Å². The van der Waals surface area contributed by atoms with E-state index < -0.39 is 5.82 Å². The van der Waals surface area contributed by atoms with Gasteiger partial charge < -0.3 is 11.1 Å². The summed E-state index contributed by atoms with van der Waals surface area (Å²) in [5, 5.41) is 2.65. The van der Waals surface area contributed by atoms with Gasteiger partial charge in [-0.3, -0.25) is 4.79 Å². The second-order valence-electron chi connectivity index (χ2n) is 3.54. The summed E-state index contributed by atoms with van der Waals surface area (Å²) in [5.41, 5.74) is 5.95. The van der Waals surface area contributed by atoms with Gasteiger partial charge in [-0.25, -0.2) is 4.39 Å². The number of hydrogen-bond acceptors (Lipinski definition) is 2. The van der Waals surface area contributed by atoms with E-state index in [1.54, 1.807) is 6.07 Å². The summed E-state index contributed by atoms with van der Waals surface area (Å²) < 4.78 is 13.6. The van der Waals surface area contributed by atoms with Crippen molar-refractivity contribution in [3.63, 3.8) is 0 Å². The molecule has 0 aliphatic rings. The number of carbonyl (C=O) groups excluding carboxylic acids is 1. The van der Waals surface area contributed by atoms with E-state index in [1.165, 1.54) is 12.1 Å². The summed E-state index contributed by atoms with van der Waals surface area (Å²) in [7, 11) is 0. The first-order chi connectivity index (χ1) is 7.52. The Bertz CT molecular complexity index is 364. The van der Waals surface area contributed by atoms with Crippen LogP contribution >= 0.6 is 15.9 Å². The number of nitrogens with two attached hydrogens (primary N) is 1. The first-order valence-electron chi connectivity index (χ1n) is 5.02. The maximum absolute atomic E-state index is 13.0. The molecular formula is C11H14BrFN2O. The Morgan fingerprint density at radius 1 is 1.56 bits per heavy atom. The minimum absolute atomic E-state index is 0.0686. The zero-order chi connectivity index (χ0) is 12.1. The molecule has 0 radical (unpaired) electrons. The topological polar surface area (TPSA) is 55.1 Å². The maximum atomic E-state index is 13.0. The fourth-order valence-corrected chi connectivity index (χ4v) is 1.62. The van der Waals surface area contributed by atoms with Crippen molar-refractivity contribution in [3.05, 3.63) is 34.1 Å². The molecule has 1 atom stereocenters. The van der Waals surface area contributed by atoms with Crippen LogP contribution in [0.5, 0.6) is 0 Å². The second kappa shape index (κ2) is 5.96. The van der Waals surface area contributed by atoms with Gasteiger partial charge in [0.25, 0.3) is 5.91 Å². The minimum Gasteiger partial charge on any atom is -0.350 e. The molecule has 16 heavy (non-hydrogen) atoms. The molecule has 1 amide bonds. The molecule has 1 unspecified atom stereocenters. The van der Waals surface area contributed by atoms with Gasteiger partial charge in [0.15, 0.2) is 0 Å². The van der Waals surface area contributed by atoms with Crippen LogP contribution in [0.15, 0.2) is 22.7 Å². The lowest BCUT2D eigenvalue weighted by Gasteiger charge is -2.10. The van der Waals surface area contributed by atoms with E-state index in [1.807, 2.05) is 6.92 Å². The smallest absolute Gasteiger partial charge is 0.251 e. The van der Waals surface area contributed by atoms with Crippen molar-refractivity contribution < 1.29 is 9.18 Å². The molecule has 0 bridgehead atoms. The van der Waals surface area contributed by atoms with Crippen LogP contribution in [0.25, 0.3) is 0 Å². The highest BCUT2D eigenvalue weighted by Gasteiger charge is 2.09. The molecule has 0 saturated carbocycles. The predicted octanol–water partition coefficient (Wildman–Crippen LogP) is 2.06. The number of amides is 1. The first kappa shape index (κ1) is 13.1. The number of hydrogen-bond donors (Lipinski definition) is 2. The Hall–Kier alpha value is -0.940. The normalized spacial score (nSPS) is 12.2. The lowest BCUT2D eigenvalue weighted by atomic mass is 10.2. The van der Waals surface area contributed by atoms with E-state index in [2.05, 4.69) is 21.2 Å². The average molecular weight is 289 g/mol. The van der Waals surface area contributed by atoms with Crippen molar-refractivity contribution in [2.75, 3.05) is 6.54 Å². The molecule has 0 aliphatic carbocycles. The van der Waals surface area contributed by atoms with Gasteiger partial charge in [-0.1, -0.05) is 22.9 Å².